The van der Waals surface area contributed by atoms with Crippen molar-refractivity contribution in [2.45, 2.75) is 19.4 Å². The highest BCUT2D eigenvalue weighted by atomic mass is 16.5. The van der Waals surface area contributed by atoms with E-state index in [1.165, 1.54) is 0 Å². The van der Waals surface area contributed by atoms with Crippen molar-refractivity contribution >= 4 is 5.91 Å². The number of aromatic nitrogens is 1. The number of ether oxygens (including phenoxy) is 1. The van der Waals surface area contributed by atoms with Crippen LogP contribution in [0.15, 0.2) is 18.3 Å². The largest absolute Gasteiger partial charge is 0.395 e. The van der Waals surface area contributed by atoms with Gasteiger partial charge in [0.2, 0.25) is 0 Å². The van der Waals surface area contributed by atoms with Crippen molar-refractivity contribution in [3.8, 4) is 11.8 Å². The van der Waals surface area contributed by atoms with Crippen LogP contribution in [-0.4, -0.2) is 42.4 Å². The minimum Gasteiger partial charge on any atom is -0.395 e. The number of hydrogen-bond donors (Lipinski definition) is 2. The lowest BCUT2D eigenvalue weighted by molar-refractivity contribution is 0.0866. The van der Waals surface area contributed by atoms with Crippen LogP contribution in [0, 0.1) is 11.8 Å². The third-order valence-electron chi connectivity index (χ3n) is 2.44. The number of rotatable bonds is 5. The van der Waals surface area contributed by atoms with Crippen molar-refractivity contribution in [1.29, 1.82) is 0 Å². The summed E-state index contributed by atoms with van der Waals surface area (Å²) in [6, 6.07) is 3.45. The molecule has 1 aromatic rings. The molecule has 1 amide bonds. The lowest BCUT2D eigenvalue weighted by atomic mass is 10.2. The van der Waals surface area contributed by atoms with E-state index in [1.807, 2.05) is 6.92 Å². The van der Waals surface area contributed by atoms with Crippen LogP contribution in [-0.2, 0) is 4.74 Å². The smallest absolute Gasteiger partial charge is 0.271 e. The van der Waals surface area contributed by atoms with Gasteiger partial charge >= 0.3 is 0 Å². The fraction of sp³-hybridized carbons (Fsp3) is 0.429. The molecule has 0 aliphatic heterocycles. The first-order chi connectivity index (χ1) is 9.19. The van der Waals surface area contributed by atoms with E-state index < -0.39 is 0 Å². The minimum absolute atomic E-state index is 0.000144. The first-order valence-electron chi connectivity index (χ1n) is 6.04. The van der Waals surface area contributed by atoms with E-state index in [0.29, 0.717) is 18.5 Å². The fourth-order valence-electron chi connectivity index (χ4n) is 1.30. The van der Waals surface area contributed by atoms with Gasteiger partial charge in [-0.3, -0.25) is 4.79 Å². The van der Waals surface area contributed by atoms with E-state index in [1.54, 1.807) is 25.4 Å². The third kappa shape index (κ3) is 5.08. The van der Waals surface area contributed by atoms with Crippen LogP contribution in [0.5, 0.6) is 0 Å². The number of nitrogens with one attached hydrogen (secondary N) is 1. The van der Waals surface area contributed by atoms with Gasteiger partial charge in [-0.15, -0.1) is 0 Å². The molecule has 0 radical (unpaired) electrons. The van der Waals surface area contributed by atoms with Crippen molar-refractivity contribution in [3.05, 3.63) is 29.6 Å². The van der Waals surface area contributed by atoms with Crippen molar-refractivity contribution in [2.24, 2.45) is 0 Å². The van der Waals surface area contributed by atoms with Gasteiger partial charge in [-0.25, -0.2) is 4.98 Å². The summed E-state index contributed by atoms with van der Waals surface area (Å²) in [7, 11) is 1.59. The molecule has 0 aromatic carbocycles. The molecule has 1 heterocycles. The molecule has 0 aliphatic carbocycles. The second-order valence-corrected chi connectivity index (χ2v) is 3.93. The number of aliphatic hydroxyl groups is 1. The Morgan fingerprint density at radius 3 is 3.11 bits per heavy atom. The van der Waals surface area contributed by atoms with Crippen LogP contribution in [0.4, 0.5) is 0 Å². The lowest BCUT2D eigenvalue weighted by Gasteiger charge is -2.10. The summed E-state index contributed by atoms with van der Waals surface area (Å²) in [5.74, 6) is 5.33. The molecule has 0 saturated carbocycles. The first kappa shape index (κ1) is 15.2. The van der Waals surface area contributed by atoms with Gasteiger partial charge in [-0.05, 0) is 19.1 Å². The highest BCUT2D eigenvalue weighted by molar-refractivity contribution is 5.94. The highest BCUT2D eigenvalue weighted by Gasteiger charge is 2.12. The van der Waals surface area contributed by atoms with Crippen LogP contribution in [0.25, 0.3) is 0 Å². The molecule has 0 saturated heterocycles. The molecular weight excluding hydrogens is 244 g/mol. The number of aliphatic hydroxyl groups excluding tert-OH is 1. The van der Waals surface area contributed by atoms with E-state index in [-0.39, 0.29) is 24.3 Å². The second kappa shape index (κ2) is 8.25. The maximum Gasteiger partial charge on any atom is 0.271 e. The van der Waals surface area contributed by atoms with Gasteiger partial charge in [0.05, 0.1) is 18.3 Å². The standard InChI is InChI=1S/C14H18N2O3/c1-11(19-2)10-16-14(18)13-12(6-3-4-9-17)7-5-8-15-13/h5,7-8,11,17H,4,9-10H2,1-2H3,(H,16,18). The van der Waals surface area contributed by atoms with E-state index in [9.17, 15) is 4.79 Å². The van der Waals surface area contributed by atoms with Gasteiger partial charge in [-0.2, -0.15) is 0 Å². The number of carbonyl (C=O) groups excluding carboxylic acids is 1. The molecule has 19 heavy (non-hydrogen) atoms. The number of carbonyl (C=O) groups is 1. The molecule has 0 spiro atoms. The van der Waals surface area contributed by atoms with Gasteiger partial charge in [-0.1, -0.05) is 11.8 Å². The van der Waals surface area contributed by atoms with E-state index in [2.05, 4.69) is 22.1 Å². The SMILES string of the molecule is COC(C)CNC(=O)c1ncccc1C#CCCO. The average molecular weight is 262 g/mol. The van der Waals surface area contributed by atoms with Crippen molar-refractivity contribution < 1.29 is 14.6 Å². The quantitative estimate of drug-likeness (QED) is 0.761. The molecule has 1 atom stereocenters. The van der Waals surface area contributed by atoms with E-state index >= 15 is 0 Å². The second-order valence-electron chi connectivity index (χ2n) is 3.93. The summed E-state index contributed by atoms with van der Waals surface area (Å²) in [4.78, 5) is 16.0. The Morgan fingerprint density at radius 1 is 1.63 bits per heavy atom. The molecular formula is C14H18N2O3. The molecule has 102 valence electrons. The summed E-state index contributed by atoms with van der Waals surface area (Å²) in [5, 5.41) is 11.4. The molecule has 2 N–H and O–H groups in total. The van der Waals surface area contributed by atoms with Gasteiger partial charge < -0.3 is 15.2 Å². The Hall–Kier alpha value is -1.90. The molecule has 0 bridgehead atoms. The van der Waals surface area contributed by atoms with Crippen molar-refractivity contribution in [1.82, 2.24) is 10.3 Å². The topological polar surface area (TPSA) is 71.5 Å². The maximum absolute atomic E-state index is 12.0. The number of nitrogens with zero attached hydrogens (tertiary/aromatic N) is 1. The van der Waals surface area contributed by atoms with Gasteiger partial charge in [0.15, 0.2) is 0 Å². The maximum atomic E-state index is 12.0. The normalized spacial score (nSPS) is 11.3. The van der Waals surface area contributed by atoms with Gasteiger partial charge in [0.25, 0.3) is 5.91 Å². The predicted molar refractivity (Wildman–Crippen MR) is 71.6 cm³/mol. The summed E-state index contributed by atoms with van der Waals surface area (Å²) >= 11 is 0. The van der Waals surface area contributed by atoms with Gasteiger partial charge in [0, 0.05) is 26.3 Å². The Balaban J connectivity index is 2.77. The number of amides is 1. The average Bonchev–Trinajstić information content (AvgIpc) is 2.45. The zero-order valence-electron chi connectivity index (χ0n) is 11.1. The third-order valence-corrected chi connectivity index (χ3v) is 2.44. The van der Waals surface area contributed by atoms with Crippen molar-refractivity contribution in [2.75, 3.05) is 20.3 Å². The molecule has 1 unspecified atom stereocenters. The van der Waals surface area contributed by atoms with Crippen LogP contribution < -0.4 is 5.32 Å². The molecule has 1 aromatic heterocycles. The number of methoxy groups -OCH3 is 1. The van der Waals surface area contributed by atoms with Gasteiger partial charge in [0.1, 0.15) is 5.69 Å². The van der Waals surface area contributed by atoms with E-state index in [0.717, 1.165) is 0 Å². The van der Waals surface area contributed by atoms with Crippen LogP contribution in [0.1, 0.15) is 29.4 Å². The Morgan fingerprint density at radius 2 is 2.42 bits per heavy atom. The minimum atomic E-state index is -0.280. The summed E-state index contributed by atoms with van der Waals surface area (Å²) in [5.41, 5.74) is 0.842. The predicted octanol–water partition coefficient (Wildman–Crippen LogP) is 0.580. The lowest BCUT2D eigenvalue weighted by Crippen LogP contribution is -2.32. The molecule has 5 heteroatoms. The monoisotopic (exact) mass is 262 g/mol. The molecule has 0 fully saturated rings. The Labute approximate surface area is 113 Å². The molecule has 5 nitrogen and oxygen atoms in total. The summed E-state index contributed by atoms with van der Waals surface area (Å²) in [6.07, 6.45) is 1.86. The zero-order valence-corrected chi connectivity index (χ0v) is 11.1. The molecule has 0 aliphatic rings. The van der Waals surface area contributed by atoms with Crippen LogP contribution in [0.2, 0.25) is 0 Å². The number of hydrogen-bond acceptors (Lipinski definition) is 4. The first-order valence-corrected chi connectivity index (χ1v) is 6.04. The van der Waals surface area contributed by atoms with E-state index in [4.69, 9.17) is 9.84 Å². The molecule has 1 rings (SSSR count). The summed E-state index contributed by atoms with van der Waals surface area (Å²) < 4.78 is 5.06. The fourth-order valence-corrected chi connectivity index (χ4v) is 1.30. The van der Waals surface area contributed by atoms with Crippen molar-refractivity contribution in [3.63, 3.8) is 0 Å². The number of pyridine rings is 1. The van der Waals surface area contributed by atoms with Crippen LogP contribution in [0.3, 0.4) is 0 Å². The Kier molecular flexibility index (Phi) is 6.58. The van der Waals surface area contributed by atoms with Crippen LogP contribution >= 0.6 is 0 Å². The zero-order chi connectivity index (χ0) is 14.1. The highest BCUT2D eigenvalue weighted by Crippen LogP contribution is 2.03. The Bertz CT molecular complexity index is 477. The summed E-state index contributed by atoms with van der Waals surface area (Å²) in [6.45, 7) is 2.27.